The van der Waals surface area contributed by atoms with E-state index in [1.54, 1.807) is 23.0 Å². The Morgan fingerprint density at radius 2 is 1.89 bits per heavy atom. The molecule has 1 aromatic heterocycles. The molecule has 1 saturated carbocycles. The maximum Gasteiger partial charge on any atom is 0.416 e. The molecule has 0 atom stereocenters. The van der Waals surface area contributed by atoms with Crippen molar-refractivity contribution in [3.8, 4) is 11.1 Å². The maximum absolute atomic E-state index is 14.6. The highest BCUT2D eigenvalue weighted by atomic mass is 19.4. The van der Waals surface area contributed by atoms with Crippen LogP contribution in [0.2, 0.25) is 0 Å². The summed E-state index contributed by atoms with van der Waals surface area (Å²) in [6.45, 7) is 4.81. The normalized spacial score (nSPS) is 14.6. The van der Waals surface area contributed by atoms with Gasteiger partial charge in [0.1, 0.15) is 5.82 Å². The summed E-state index contributed by atoms with van der Waals surface area (Å²) in [4.78, 5) is 25.6. The summed E-state index contributed by atoms with van der Waals surface area (Å²) in [5.74, 6) is -1.89. The lowest BCUT2D eigenvalue weighted by Gasteiger charge is -2.18. The molecule has 1 heterocycles. The van der Waals surface area contributed by atoms with Crippen LogP contribution in [0.3, 0.4) is 0 Å². The van der Waals surface area contributed by atoms with Crippen LogP contribution in [0, 0.1) is 11.7 Å². The molecule has 36 heavy (non-hydrogen) atoms. The Bertz CT molecular complexity index is 1310. The zero-order valence-electron chi connectivity index (χ0n) is 19.9. The number of carbonyl (C=O) groups is 2. The Labute approximate surface area is 205 Å². The molecule has 0 unspecified atom stereocenters. The van der Waals surface area contributed by atoms with Gasteiger partial charge >= 0.3 is 12.1 Å². The molecule has 2 aromatic carbocycles. The minimum atomic E-state index is -4.68. The van der Waals surface area contributed by atoms with E-state index in [0.29, 0.717) is 29.7 Å². The molecule has 0 saturated heterocycles. The number of carbonyl (C=O) groups excluding carboxylic acids is 2. The van der Waals surface area contributed by atoms with E-state index in [0.717, 1.165) is 12.1 Å². The largest absolute Gasteiger partial charge is 0.465 e. The van der Waals surface area contributed by atoms with Crippen molar-refractivity contribution in [3.05, 3.63) is 71.3 Å². The smallest absolute Gasteiger partial charge is 0.416 e. The number of anilines is 1. The fraction of sp³-hybridized carbons (Fsp3) is 0.346. The zero-order chi connectivity index (χ0) is 26.3. The van der Waals surface area contributed by atoms with Crippen molar-refractivity contribution in [2.75, 3.05) is 12.4 Å². The van der Waals surface area contributed by atoms with Crippen LogP contribution in [0.5, 0.6) is 0 Å². The van der Waals surface area contributed by atoms with Gasteiger partial charge in [-0.3, -0.25) is 9.48 Å². The van der Waals surface area contributed by atoms with E-state index in [2.05, 4.69) is 24.3 Å². The number of nitrogens with one attached hydrogen (secondary N) is 1. The minimum Gasteiger partial charge on any atom is -0.465 e. The minimum absolute atomic E-state index is 0.0876. The first-order valence-electron chi connectivity index (χ1n) is 11.4. The third kappa shape index (κ3) is 4.98. The van der Waals surface area contributed by atoms with E-state index in [-0.39, 0.29) is 29.7 Å². The first-order chi connectivity index (χ1) is 16.9. The molecule has 1 fully saturated rings. The van der Waals surface area contributed by atoms with E-state index < -0.39 is 34.8 Å². The molecule has 0 spiro atoms. The van der Waals surface area contributed by atoms with Crippen LogP contribution in [0.4, 0.5) is 23.2 Å². The van der Waals surface area contributed by atoms with Gasteiger partial charge in [0.05, 0.1) is 29.8 Å². The topological polar surface area (TPSA) is 73.2 Å². The zero-order valence-corrected chi connectivity index (χ0v) is 19.9. The predicted octanol–water partition coefficient (Wildman–Crippen LogP) is 5.82. The van der Waals surface area contributed by atoms with Crippen molar-refractivity contribution < 1.29 is 31.9 Å². The number of amides is 1. The second-order valence-corrected chi connectivity index (χ2v) is 9.33. The number of nitrogens with zero attached hydrogens (tertiary/aromatic N) is 2. The van der Waals surface area contributed by atoms with E-state index in [9.17, 15) is 27.2 Å². The molecule has 3 aromatic rings. The van der Waals surface area contributed by atoms with Crippen LogP contribution in [0.15, 0.2) is 48.8 Å². The van der Waals surface area contributed by atoms with Crippen LogP contribution in [0.25, 0.3) is 11.1 Å². The highest BCUT2D eigenvalue weighted by molar-refractivity contribution is 6.04. The summed E-state index contributed by atoms with van der Waals surface area (Å²) < 4.78 is 60.0. The number of benzene rings is 2. The molecular weight excluding hydrogens is 478 g/mol. The molecule has 190 valence electrons. The molecule has 1 aliphatic carbocycles. The molecule has 0 radical (unpaired) electrons. The van der Waals surface area contributed by atoms with Crippen molar-refractivity contribution in [2.45, 2.75) is 44.8 Å². The number of esters is 1. The van der Waals surface area contributed by atoms with Crippen LogP contribution in [-0.4, -0.2) is 28.8 Å². The van der Waals surface area contributed by atoms with Crippen LogP contribution >= 0.6 is 0 Å². The van der Waals surface area contributed by atoms with Gasteiger partial charge in [-0.2, -0.15) is 18.3 Å². The quantitative estimate of drug-likeness (QED) is 0.326. The standard InChI is InChI=1S/C26H25F4N3O3/c1-15(2)13-33-14-16(12-31-33)19-6-5-18(11-20(19)23(34)36-3)32-24(35)25(8-9-25)21-7-4-17(10-22(21)27)26(28,29)30/h4-7,10-12,14-15H,8-9,13H2,1-3H3,(H,32,35). The Morgan fingerprint density at radius 1 is 1.17 bits per heavy atom. The molecule has 10 heteroatoms. The number of methoxy groups -OCH3 is 1. The monoisotopic (exact) mass is 503 g/mol. The van der Waals surface area contributed by atoms with Gasteiger partial charge in [-0.15, -0.1) is 0 Å². The number of hydrogen-bond donors (Lipinski definition) is 1. The number of alkyl halides is 3. The molecule has 1 N–H and O–H groups in total. The van der Waals surface area contributed by atoms with Gasteiger partial charge in [-0.25, -0.2) is 9.18 Å². The average Bonchev–Trinajstić information content (AvgIpc) is 3.50. The molecule has 4 rings (SSSR count). The average molecular weight is 503 g/mol. The van der Waals surface area contributed by atoms with Crippen molar-refractivity contribution in [3.63, 3.8) is 0 Å². The van der Waals surface area contributed by atoms with Gasteiger partial charge < -0.3 is 10.1 Å². The van der Waals surface area contributed by atoms with E-state index in [1.165, 1.54) is 13.2 Å². The van der Waals surface area contributed by atoms with Gasteiger partial charge in [0.15, 0.2) is 0 Å². The van der Waals surface area contributed by atoms with Crippen molar-refractivity contribution >= 4 is 17.6 Å². The lowest BCUT2D eigenvalue weighted by Crippen LogP contribution is -2.29. The highest BCUT2D eigenvalue weighted by Crippen LogP contribution is 2.50. The van der Waals surface area contributed by atoms with Crippen molar-refractivity contribution in [1.29, 1.82) is 0 Å². The summed E-state index contributed by atoms with van der Waals surface area (Å²) >= 11 is 0. The Morgan fingerprint density at radius 3 is 2.47 bits per heavy atom. The second-order valence-electron chi connectivity index (χ2n) is 9.33. The van der Waals surface area contributed by atoms with Gasteiger partial charge in [0, 0.05) is 29.6 Å². The lowest BCUT2D eigenvalue weighted by molar-refractivity contribution is -0.137. The van der Waals surface area contributed by atoms with Crippen molar-refractivity contribution in [2.24, 2.45) is 5.92 Å². The van der Waals surface area contributed by atoms with Gasteiger partial charge in [-0.05, 0) is 48.6 Å². The third-order valence-corrected chi connectivity index (χ3v) is 6.18. The van der Waals surface area contributed by atoms with E-state index in [4.69, 9.17) is 4.74 Å². The fourth-order valence-electron chi connectivity index (χ4n) is 4.20. The summed E-state index contributed by atoms with van der Waals surface area (Å²) in [5.41, 5.74) is -0.743. The summed E-state index contributed by atoms with van der Waals surface area (Å²) in [5, 5.41) is 7.01. The third-order valence-electron chi connectivity index (χ3n) is 6.18. The number of rotatable bonds is 7. The number of hydrogen-bond acceptors (Lipinski definition) is 4. The summed E-state index contributed by atoms with van der Waals surface area (Å²) in [6, 6.07) is 6.90. The van der Waals surface area contributed by atoms with Crippen LogP contribution in [0.1, 0.15) is 48.2 Å². The van der Waals surface area contributed by atoms with Crippen LogP contribution in [-0.2, 0) is 27.7 Å². The predicted molar refractivity (Wildman–Crippen MR) is 125 cm³/mol. The van der Waals surface area contributed by atoms with Crippen LogP contribution < -0.4 is 5.32 Å². The van der Waals surface area contributed by atoms with Gasteiger partial charge in [0.2, 0.25) is 5.91 Å². The molecule has 1 amide bonds. The molecular formula is C26H25F4N3O3. The second kappa shape index (κ2) is 9.40. The molecule has 0 bridgehead atoms. The highest BCUT2D eigenvalue weighted by Gasteiger charge is 2.53. The van der Waals surface area contributed by atoms with Crippen molar-refractivity contribution in [1.82, 2.24) is 9.78 Å². The van der Waals surface area contributed by atoms with E-state index in [1.807, 2.05) is 6.20 Å². The number of ether oxygens (including phenoxy) is 1. The maximum atomic E-state index is 14.6. The Balaban J connectivity index is 1.61. The molecule has 6 nitrogen and oxygen atoms in total. The molecule has 1 aliphatic rings. The Hall–Kier alpha value is -3.69. The Kier molecular flexibility index (Phi) is 6.64. The lowest BCUT2D eigenvalue weighted by atomic mass is 9.93. The first-order valence-corrected chi connectivity index (χ1v) is 11.4. The van der Waals surface area contributed by atoms with Gasteiger partial charge in [0.25, 0.3) is 0 Å². The molecule has 0 aliphatic heterocycles. The number of aromatic nitrogens is 2. The van der Waals surface area contributed by atoms with E-state index >= 15 is 0 Å². The number of halogens is 4. The summed E-state index contributed by atoms with van der Waals surface area (Å²) in [7, 11) is 1.24. The van der Waals surface area contributed by atoms with Gasteiger partial charge in [-0.1, -0.05) is 26.0 Å². The SMILES string of the molecule is COC(=O)c1cc(NC(=O)C2(c3ccc(C(F)(F)F)cc3F)CC2)ccc1-c1cnn(CC(C)C)c1. The summed E-state index contributed by atoms with van der Waals surface area (Å²) in [6.07, 6.45) is -0.659. The first kappa shape index (κ1) is 25.4. The fourth-order valence-corrected chi connectivity index (χ4v) is 4.20.